The summed E-state index contributed by atoms with van der Waals surface area (Å²) in [7, 11) is 1.98. The Hall–Kier alpha value is -3.37. The largest absolute Gasteiger partial charge is 0.368 e. The highest BCUT2D eigenvalue weighted by molar-refractivity contribution is 9.10. The normalized spacial score (nSPS) is 16.9. The van der Waals surface area contributed by atoms with Gasteiger partial charge < -0.3 is 9.80 Å². The van der Waals surface area contributed by atoms with E-state index in [1.54, 1.807) is 23.9 Å². The number of pyridine rings is 2. The van der Waals surface area contributed by atoms with Gasteiger partial charge in [-0.3, -0.25) is 4.90 Å². The molecule has 0 bridgehead atoms. The highest BCUT2D eigenvalue weighted by Gasteiger charge is 2.36. The minimum absolute atomic E-state index is 0.148. The molecular weight excluding hydrogens is 598 g/mol. The van der Waals surface area contributed by atoms with Crippen molar-refractivity contribution < 1.29 is 4.39 Å². The fourth-order valence-corrected chi connectivity index (χ4v) is 7.02. The molecule has 6 nitrogen and oxygen atoms in total. The number of nitrogens with zero attached hydrogens (tertiary/aromatic N) is 6. The molecule has 1 unspecified atom stereocenters. The monoisotopic (exact) mass is 630 g/mol. The van der Waals surface area contributed by atoms with Crippen molar-refractivity contribution in [3.8, 4) is 11.3 Å². The predicted octanol–water partition coefficient (Wildman–Crippen LogP) is 5.72. The Kier molecular flexibility index (Phi) is 8.16. The predicted molar refractivity (Wildman–Crippen MR) is 176 cm³/mol. The molecule has 2 aliphatic rings. The van der Waals surface area contributed by atoms with Crippen LogP contribution in [0.25, 0.3) is 11.3 Å². The van der Waals surface area contributed by atoms with Crippen LogP contribution in [0.5, 0.6) is 0 Å². The Labute approximate surface area is 255 Å². The SMILES string of the molecule is Bc1cc2c(nc1-c1c(C)cccc1F)N(c1c(SC)cc(C)nc1Br)C(=C)N=C2N1CCN(C(=C)C=C)CC1C. The molecule has 1 atom stereocenters. The highest BCUT2D eigenvalue weighted by Crippen LogP contribution is 2.44. The molecule has 2 aliphatic heterocycles. The van der Waals surface area contributed by atoms with Crippen LogP contribution < -0.4 is 10.4 Å². The van der Waals surface area contributed by atoms with E-state index in [4.69, 9.17) is 15.0 Å². The minimum Gasteiger partial charge on any atom is -0.368 e. The summed E-state index contributed by atoms with van der Waals surface area (Å²) in [6, 6.07) is 9.39. The number of halogens is 2. The van der Waals surface area contributed by atoms with Crippen LogP contribution >= 0.6 is 27.7 Å². The van der Waals surface area contributed by atoms with Crippen LogP contribution in [0.15, 0.2) is 82.2 Å². The van der Waals surface area contributed by atoms with Crippen molar-refractivity contribution in [2.45, 2.75) is 31.7 Å². The van der Waals surface area contributed by atoms with Gasteiger partial charge in [0.15, 0.2) is 5.82 Å². The molecule has 1 saturated heterocycles. The maximum Gasteiger partial charge on any atom is 0.150 e. The van der Waals surface area contributed by atoms with Gasteiger partial charge in [-0.2, -0.15) is 0 Å². The lowest BCUT2D eigenvalue weighted by molar-refractivity contribution is 0.171. The van der Waals surface area contributed by atoms with E-state index in [1.165, 1.54) is 6.07 Å². The van der Waals surface area contributed by atoms with E-state index in [0.717, 1.165) is 64.0 Å². The van der Waals surface area contributed by atoms with Crippen LogP contribution in [-0.4, -0.2) is 65.4 Å². The lowest BCUT2D eigenvalue weighted by atomic mass is 9.87. The molecule has 0 saturated carbocycles. The number of amidine groups is 1. The number of fused-ring (bicyclic) bond motifs is 1. The topological polar surface area (TPSA) is 47.9 Å². The fourth-order valence-electron chi connectivity index (χ4n) is 5.55. The number of hydrogen-bond acceptors (Lipinski definition) is 7. The van der Waals surface area contributed by atoms with Gasteiger partial charge in [-0.25, -0.2) is 19.4 Å². The van der Waals surface area contributed by atoms with Gasteiger partial charge in [-0.15, -0.1) is 11.8 Å². The van der Waals surface area contributed by atoms with Crippen LogP contribution in [0, 0.1) is 19.7 Å². The van der Waals surface area contributed by atoms with Crippen molar-refractivity contribution in [1.82, 2.24) is 19.8 Å². The van der Waals surface area contributed by atoms with Crippen LogP contribution in [0.1, 0.15) is 23.7 Å². The Morgan fingerprint density at radius 2 is 1.98 bits per heavy atom. The van der Waals surface area contributed by atoms with Gasteiger partial charge >= 0.3 is 0 Å². The number of aromatic nitrogens is 2. The second-order valence-electron chi connectivity index (χ2n) is 10.4. The molecule has 0 aliphatic carbocycles. The Morgan fingerprint density at radius 3 is 2.63 bits per heavy atom. The lowest BCUT2D eigenvalue weighted by Crippen LogP contribution is -2.54. The number of anilines is 2. The second-order valence-corrected chi connectivity index (χ2v) is 12.0. The number of hydrogen-bond donors (Lipinski definition) is 0. The van der Waals surface area contributed by atoms with Crippen LogP contribution in [0.4, 0.5) is 15.9 Å². The van der Waals surface area contributed by atoms with E-state index < -0.39 is 0 Å². The highest BCUT2D eigenvalue weighted by atomic mass is 79.9. The van der Waals surface area contributed by atoms with E-state index in [-0.39, 0.29) is 11.9 Å². The van der Waals surface area contributed by atoms with Gasteiger partial charge in [0.25, 0.3) is 0 Å². The summed E-state index contributed by atoms with van der Waals surface area (Å²) in [6.45, 7) is 20.8. The quantitative estimate of drug-likeness (QED) is 0.156. The first-order chi connectivity index (χ1) is 19.5. The molecule has 0 amide bonds. The molecule has 10 heteroatoms. The third-order valence-corrected chi connectivity index (χ3v) is 8.93. The summed E-state index contributed by atoms with van der Waals surface area (Å²) in [5.41, 5.74) is 6.28. The number of allylic oxidation sites excluding steroid dienone is 1. The fraction of sp³-hybridized carbons (Fsp3) is 0.258. The molecule has 0 spiro atoms. The maximum absolute atomic E-state index is 15.3. The molecule has 2 aromatic heterocycles. The summed E-state index contributed by atoms with van der Waals surface area (Å²) in [6.07, 6.45) is 3.83. The Balaban J connectivity index is 1.73. The summed E-state index contributed by atoms with van der Waals surface area (Å²) in [5, 5.41) is 0. The zero-order valence-corrected chi connectivity index (χ0v) is 26.5. The third-order valence-electron chi connectivity index (χ3n) is 7.63. The van der Waals surface area contributed by atoms with Gasteiger partial charge in [0, 0.05) is 47.5 Å². The minimum atomic E-state index is -0.300. The van der Waals surface area contributed by atoms with Gasteiger partial charge in [0.05, 0.1) is 16.9 Å². The average molecular weight is 631 g/mol. The summed E-state index contributed by atoms with van der Waals surface area (Å²) in [5.74, 6) is 1.68. The number of aryl methyl sites for hydroxylation is 2. The Morgan fingerprint density at radius 1 is 1.22 bits per heavy atom. The number of piperazine rings is 1. The van der Waals surface area contributed by atoms with E-state index in [2.05, 4.69) is 58.5 Å². The second kappa shape index (κ2) is 11.5. The molecule has 41 heavy (non-hydrogen) atoms. The lowest BCUT2D eigenvalue weighted by Gasteiger charge is -2.44. The van der Waals surface area contributed by atoms with Crippen molar-refractivity contribution >= 4 is 58.3 Å². The molecule has 210 valence electrons. The van der Waals surface area contributed by atoms with Gasteiger partial charge in [0.2, 0.25) is 0 Å². The zero-order valence-electron chi connectivity index (χ0n) is 24.1. The van der Waals surface area contributed by atoms with Gasteiger partial charge in [-0.05, 0) is 66.7 Å². The molecule has 1 aromatic carbocycles. The molecule has 4 heterocycles. The molecular formula is C31H33BBrFN6S. The van der Waals surface area contributed by atoms with Crippen molar-refractivity contribution in [2.24, 2.45) is 4.99 Å². The first-order valence-corrected chi connectivity index (χ1v) is 15.5. The standard InChI is InChI=1S/C31H33BBrFN6S/c1-8-19(4)38-12-13-39(20(5)16-38)30-22-15-23(32)27(26-17(2)10-9-11-24(26)34)37-31(22)40(21(6)36-30)28-25(41-7)14-18(3)35-29(28)33/h8-11,14-15,20H,1,4,6,12-13,16,32H2,2-3,5,7H3. The van der Waals surface area contributed by atoms with Crippen LogP contribution in [0.2, 0.25) is 0 Å². The summed E-state index contributed by atoms with van der Waals surface area (Å²) < 4.78 is 15.9. The van der Waals surface area contributed by atoms with E-state index in [1.807, 2.05) is 45.0 Å². The molecule has 5 rings (SSSR count). The first kappa shape index (κ1) is 29.1. The maximum atomic E-state index is 15.3. The van der Waals surface area contributed by atoms with Crippen LogP contribution in [0.3, 0.4) is 0 Å². The summed E-state index contributed by atoms with van der Waals surface area (Å²) in [4.78, 5) is 22.5. The Bertz CT molecular complexity index is 1600. The first-order valence-electron chi connectivity index (χ1n) is 13.4. The molecule has 3 aromatic rings. The van der Waals surface area contributed by atoms with Gasteiger partial charge in [0.1, 0.15) is 29.9 Å². The zero-order chi connectivity index (χ0) is 29.6. The number of rotatable bonds is 5. The van der Waals surface area contributed by atoms with E-state index >= 15 is 4.39 Å². The molecule has 0 radical (unpaired) electrons. The number of thioether (sulfide) groups is 1. The summed E-state index contributed by atoms with van der Waals surface area (Å²) >= 11 is 5.32. The van der Waals surface area contributed by atoms with Crippen molar-refractivity contribution in [2.75, 3.05) is 30.8 Å². The van der Waals surface area contributed by atoms with Crippen LogP contribution in [-0.2, 0) is 0 Å². The van der Waals surface area contributed by atoms with Gasteiger partial charge in [-0.1, -0.05) is 43.4 Å². The molecule has 0 N–H and O–H groups in total. The number of aliphatic imine (C=N–C) groups is 1. The molecule has 1 fully saturated rings. The van der Waals surface area contributed by atoms with E-state index in [9.17, 15) is 0 Å². The van der Waals surface area contributed by atoms with Crippen molar-refractivity contribution in [1.29, 1.82) is 0 Å². The average Bonchev–Trinajstić information content (AvgIpc) is 2.93. The third kappa shape index (κ3) is 5.23. The van der Waals surface area contributed by atoms with Crippen molar-refractivity contribution in [3.63, 3.8) is 0 Å². The van der Waals surface area contributed by atoms with E-state index in [0.29, 0.717) is 27.5 Å². The smallest absolute Gasteiger partial charge is 0.150 e. The van der Waals surface area contributed by atoms with Crippen molar-refractivity contribution in [3.05, 3.63) is 94.9 Å². The number of benzene rings is 1.